The van der Waals surface area contributed by atoms with Crippen LogP contribution in [0.1, 0.15) is 29.2 Å². The summed E-state index contributed by atoms with van der Waals surface area (Å²) in [5.41, 5.74) is 3.03. The first-order valence-corrected chi connectivity index (χ1v) is 14.8. The van der Waals surface area contributed by atoms with Crippen LogP contribution in [0.2, 0.25) is 0 Å². The second kappa shape index (κ2) is 12.3. The van der Waals surface area contributed by atoms with Crippen LogP contribution in [-0.4, -0.2) is 52.4 Å². The van der Waals surface area contributed by atoms with Crippen LogP contribution in [0.25, 0.3) is 6.08 Å². The Morgan fingerprint density at radius 1 is 1.02 bits per heavy atom. The minimum atomic E-state index is -0.337. The number of rotatable bonds is 7. The summed E-state index contributed by atoms with van der Waals surface area (Å²) in [6.07, 6.45) is 2.48. The quantitative estimate of drug-likeness (QED) is 0.286. The first-order valence-electron chi connectivity index (χ1n) is 13.5. The number of carbonyl (C=O) groups is 1. The molecular weight excluding hydrogens is 558 g/mol. The number of hydrogen-bond acceptors (Lipinski definition) is 7. The predicted molar refractivity (Wildman–Crippen MR) is 167 cm³/mol. The van der Waals surface area contributed by atoms with Gasteiger partial charge in [0.15, 0.2) is 0 Å². The van der Waals surface area contributed by atoms with Gasteiger partial charge in [0, 0.05) is 50.5 Å². The summed E-state index contributed by atoms with van der Waals surface area (Å²) in [6, 6.07) is 18.5. The maximum absolute atomic E-state index is 13.5. The van der Waals surface area contributed by atoms with Gasteiger partial charge in [-0.2, -0.15) is 5.26 Å². The molecule has 2 fully saturated rings. The van der Waals surface area contributed by atoms with Gasteiger partial charge >= 0.3 is 0 Å². The number of hydrogen-bond donors (Lipinski definition) is 0. The second-order valence-corrected chi connectivity index (χ2v) is 11.6. The molecule has 1 amide bonds. The van der Waals surface area contributed by atoms with Gasteiger partial charge in [0.2, 0.25) is 0 Å². The Morgan fingerprint density at radius 2 is 1.68 bits per heavy atom. The number of nitrogens with zero attached hydrogens (tertiary/aromatic N) is 5. The van der Waals surface area contributed by atoms with E-state index in [1.165, 1.54) is 23.9 Å². The number of aromatic nitrogens is 1. The number of benzene rings is 2. The van der Waals surface area contributed by atoms with Crippen molar-refractivity contribution in [1.29, 1.82) is 5.26 Å². The monoisotopic (exact) mass is 587 g/mol. The highest BCUT2D eigenvalue weighted by Crippen LogP contribution is 2.36. The minimum Gasteiger partial charge on any atom is -0.368 e. The van der Waals surface area contributed by atoms with E-state index in [1.807, 2.05) is 37.3 Å². The average molecular weight is 588 g/mol. The Labute approximate surface area is 248 Å². The number of thioether (sulfide) groups is 1. The molecular formula is C31H30FN5O2S2. The van der Waals surface area contributed by atoms with E-state index in [2.05, 4.69) is 15.9 Å². The molecule has 0 aliphatic carbocycles. The van der Waals surface area contributed by atoms with E-state index >= 15 is 0 Å². The summed E-state index contributed by atoms with van der Waals surface area (Å²) in [7, 11) is 0. The van der Waals surface area contributed by atoms with Crippen LogP contribution in [0.5, 0.6) is 0 Å². The lowest BCUT2D eigenvalue weighted by atomic mass is 10.0. The van der Waals surface area contributed by atoms with Gasteiger partial charge in [0.1, 0.15) is 27.6 Å². The lowest BCUT2D eigenvalue weighted by molar-refractivity contribution is -0.122. The van der Waals surface area contributed by atoms with Gasteiger partial charge in [-0.3, -0.25) is 19.1 Å². The molecule has 0 N–H and O–H groups in total. The Hall–Kier alpha value is -3.94. The molecule has 3 aromatic rings. The third kappa shape index (κ3) is 5.78. The van der Waals surface area contributed by atoms with Crippen molar-refractivity contribution in [2.24, 2.45) is 0 Å². The molecule has 2 aliphatic rings. The number of thiocarbonyl (C=S) groups is 1. The summed E-state index contributed by atoms with van der Waals surface area (Å²) in [5, 5.41) is 9.87. The highest BCUT2D eigenvalue weighted by atomic mass is 32.2. The van der Waals surface area contributed by atoms with Crippen LogP contribution in [0.4, 0.5) is 15.9 Å². The summed E-state index contributed by atoms with van der Waals surface area (Å²) in [6.45, 7) is 7.06. The van der Waals surface area contributed by atoms with Crippen LogP contribution in [0.3, 0.4) is 0 Å². The Morgan fingerprint density at radius 3 is 2.32 bits per heavy atom. The van der Waals surface area contributed by atoms with E-state index in [1.54, 1.807) is 34.6 Å². The van der Waals surface area contributed by atoms with Crippen molar-refractivity contribution < 1.29 is 9.18 Å². The molecule has 1 aromatic heterocycles. The zero-order valence-corrected chi connectivity index (χ0v) is 24.6. The van der Waals surface area contributed by atoms with E-state index < -0.39 is 0 Å². The predicted octanol–water partition coefficient (Wildman–Crippen LogP) is 4.96. The number of anilines is 2. The van der Waals surface area contributed by atoms with Gasteiger partial charge in [-0.05, 0) is 61.7 Å². The van der Waals surface area contributed by atoms with Crippen LogP contribution >= 0.6 is 24.0 Å². The van der Waals surface area contributed by atoms with Crippen molar-refractivity contribution in [3.05, 3.63) is 97.9 Å². The largest absolute Gasteiger partial charge is 0.368 e. The fraction of sp³-hybridized carbons (Fsp3) is 0.290. The number of pyridine rings is 1. The molecule has 2 saturated heterocycles. The molecule has 10 heteroatoms. The topological polar surface area (TPSA) is 72.6 Å². The summed E-state index contributed by atoms with van der Waals surface area (Å²) in [4.78, 5) is 33.3. The second-order valence-electron chi connectivity index (χ2n) is 9.92. The van der Waals surface area contributed by atoms with E-state index in [9.17, 15) is 19.2 Å². The first-order chi connectivity index (χ1) is 19.8. The Balaban J connectivity index is 1.47. The van der Waals surface area contributed by atoms with Gasteiger partial charge in [0.25, 0.3) is 11.5 Å². The maximum Gasteiger partial charge on any atom is 0.270 e. The molecule has 2 aliphatic heterocycles. The summed E-state index contributed by atoms with van der Waals surface area (Å²) >= 11 is 6.83. The highest BCUT2D eigenvalue weighted by Gasteiger charge is 2.33. The van der Waals surface area contributed by atoms with Gasteiger partial charge in [-0.1, -0.05) is 54.3 Å². The van der Waals surface area contributed by atoms with Crippen molar-refractivity contribution in [2.75, 3.05) is 42.5 Å². The fourth-order valence-electron chi connectivity index (χ4n) is 5.32. The molecule has 2 aromatic carbocycles. The van der Waals surface area contributed by atoms with Crippen LogP contribution in [0, 0.1) is 24.1 Å². The minimum absolute atomic E-state index is 0.0753. The lowest BCUT2D eigenvalue weighted by Gasteiger charge is -2.39. The van der Waals surface area contributed by atoms with Crippen molar-refractivity contribution >= 4 is 51.8 Å². The van der Waals surface area contributed by atoms with Crippen LogP contribution in [-0.2, 0) is 17.8 Å². The third-order valence-corrected chi connectivity index (χ3v) is 8.93. The Kier molecular flexibility index (Phi) is 8.57. The van der Waals surface area contributed by atoms with E-state index in [-0.39, 0.29) is 22.8 Å². The normalized spacial score (nSPS) is 16.5. The van der Waals surface area contributed by atoms with Gasteiger partial charge < -0.3 is 9.80 Å². The van der Waals surface area contributed by atoms with E-state index in [0.717, 1.165) is 11.3 Å². The zero-order valence-electron chi connectivity index (χ0n) is 23.0. The molecule has 0 saturated carbocycles. The first kappa shape index (κ1) is 28.6. The van der Waals surface area contributed by atoms with Crippen LogP contribution in [0.15, 0.2) is 64.3 Å². The molecule has 0 spiro atoms. The van der Waals surface area contributed by atoms with Crippen molar-refractivity contribution in [3.8, 4) is 6.07 Å². The molecule has 41 heavy (non-hydrogen) atoms. The summed E-state index contributed by atoms with van der Waals surface area (Å²) in [5.74, 6) is 0.250. The SMILES string of the molecule is CCn1c(N2CCN(c3ccc(F)cc3)CC2)c(/C=C2/SC(=S)N(CCc3ccccc3)C2=O)c(C)c(C#N)c1=O. The van der Waals surface area contributed by atoms with Gasteiger partial charge in [-0.25, -0.2) is 4.39 Å². The fourth-order valence-corrected chi connectivity index (χ4v) is 6.61. The van der Waals surface area contributed by atoms with Crippen LogP contribution < -0.4 is 15.4 Å². The van der Waals surface area contributed by atoms with E-state index in [0.29, 0.717) is 71.9 Å². The molecule has 7 nitrogen and oxygen atoms in total. The standard InChI is InChI=1S/C31H30FN5O2S2/c1-3-36-28(35-17-15-34(16-18-35)24-11-9-23(32)10-12-24)25(21(2)26(20-33)29(36)38)19-27-30(39)37(31(40)41-27)14-13-22-7-5-4-6-8-22/h4-12,19H,3,13-18H2,1-2H3/b27-19+. The highest BCUT2D eigenvalue weighted by molar-refractivity contribution is 8.26. The summed E-state index contributed by atoms with van der Waals surface area (Å²) < 4.78 is 15.6. The number of carbonyl (C=O) groups excluding carboxylic acids is 1. The van der Waals surface area contributed by atoms with E-state index in [4.69, 9.17) is 12.2 Å². The molecule has 3 heterocycles. The number of halogens is 1. The Bertz CT molecular complexity index is 1600. The van der Waals surface area contributed by atoms with Crippen molar-refractivity contribution in [3.63, 3.8) is 0 Å². The average Bonchev–Trinajstić information content (AvgIpc) is 3.25. The molecule has 0 bridgehead atoms. The lowest BCUT2D eigenvalue weighted by Crippen LogP contribution is -2.48. The van der Waals surface area contributed by atoms with Crippen molar-refractivity contribution in [1.82, 2.24) is 9.47 Å². The van der Waals surface area contributed by atoms with Crippen molar-refractivity contribution in [2.45, 2.75) is 26.8 Å². The smallest absolute Gasteiger partial charge is 0.270 e. The number of piperazine rings is 1. The maximum atomic E-state index is 13.5. The molecule has 5 rings (SSSR count). The molecule has 210 valence electrons. The number of amides is 1. The molecule has 0 unspecified atom stereocenters. The molecule has 0 radical (unpaired) electrons. The molecule has 0 atom stereocenters. The number of nitriles is 1. The zero-order chi connectivity index (χ0) is 29.1. The van der Waals surface area contributed by atoms with Gasteiger partial charge in [-0.15, -0.1) is 0 Å². The van der Waals surface area contributed by atoms with Gasteiger partial charge in [0.05, 0.1) is 4.91 Å². The third-order valence-electron chi connectivity index (χ3n) is 7.55.